The number of Topliss-reactive ketones (excluding diaryl/α,β-unsaturated/α-hetero) is 1. The molecule has 1 aromatic rings. The summed E-state index contributed by atoms with van der Waals surface area (Å²) in [5.74, 6) is -1.29. The molecule has 1 saturated heterocycles. The molecule has 2 unspecified atom stereocenters. The fourth-order valence-corrected chi connectivity index (χ4v) is 3.58. The number of amides is 1. The summed E-state index contributed by atoms with van der Waals surface area (Å²) in [6, 6.07) is 9.09. The number of ketones is 1. The zero-order chi connectivity index (χ0) is 19.3. The maximum Gasteiger partial charge on any atom is 0.442 e. The molecular formula is C18H21N3O4S. The molecule has 1 fully saturated rings. The third-order valence-corrected chi connectivity index (χ3v) is 4.98. The molecule has 8 heteroatoms. The summed E-state index contributed by atoms with van der Waals surface area (Å²) in [4.78, 5) is 39.1. The topological polar surface area (TPSA) is 109 Å². The molecule has 26 heavy (non-hydrogen) atoms. The van der Waals surface area contributed by atoms with Crippen molar-refractivity contribution in [2.24, 2.45) is 0 Å². The standard InChI is InChI=1S/C18H21N3O4S/c1-18(2,3)25-17(24)14(21-19)15(23)16(12-9-13(22)20-12)26-10-11-7-5-4-6-8-11/h4-8,12,16H,9-10H2,1-3H3,(H,20,22). The average Bonchev–Trinajstić information content (AvgIpc) is 2.53. The number of hydrogen-bond donors (Lipinski definition) is 1. The normalized spacial score (nSPS) is 17.3. The first-order chi connectivity index (χ1) is 12.2. The van der Waals surface area contributed by atoms with E-state index in [0.29, 0.717) is 5.75 Å². The lowest BCUT2D eigenvalue weighted by Crippen LogP contribution is -2.58. The smallest absolute Gasteiger partial charge is 0.442 e. The van der Waals surface area contributed by atoms with Crippen molar-refractivity contribution in [3.8, 4) is 0 Å². The van der Waals surface area contributed by atoms with E-state index >= 15 is 0 Å². The van der Waals surface area contributed by atoms with Crippen LogP contribution in [-0.2, 0) is 24.9 Å². The molecule has 0 saturated carbocycles. The van der Waals surface area contributed by atoms with Gasteiger partial charge in [0.05, 0.1) is 11.3 Å². The molecular weight excluding hydrogens is 354 g/mol. The maximum atomic E-state index is 12.8. The Hall–Kier alpha value is -2.44. The van der Waals surface area contributed by atoms with Crippen LogP contribution in [0.2, 0.25) is 0 Å². The van der Waals surface area contributed by atoms with Crippen LogP contribution in [0.25, 0.3) is 5.53 Å². The Balaban J connectivity index is 2.15. The quantitative estimate of drug-likeness (QED) is 0.195. The van der Waals surface area contributed by atoms with E-state index in [1.165, 1.54) is 11.8 Å². The minimum absolute atomic E-state index is 0.159. The second kappa shape index (κ2) is 8.29. The van der Waals surface area contributed by atoms with Gasteiger partial charge in [-0.2, -0.15) is 4.79 Å². The molecule has 1 heterocycles. The van der Waals surface area contributed by atoms with Crippen LogP contribution in [0, 0.1) is 0 Å². The third kappa shape index (κ3) is 5.28. The van der Waals surface area contributed by atoms with Crippen LogP contribution in [0.15, 0.2) is 30.3 Å². The number of hydrogen-bond acceptors (Lipinski definition) is 5. The Kier molecular flexibility index (Phi) is 6.34. The molecule has 1 aromatic carbocycles. The molecule has 1 aliphatic heterocycles. The molecule has 1 amide bonds. The van der Waals surface area contributed by atoms with E-state index in [9.17, 15) is 19.9 Å². The van der Waals surface area contributed by atoms with Gasteiger partial charge in [-0.3, -0.25) is 9.59 Å². The van der Waals surface area contributed by atoms with E-state index in [4.69, 9.17) is 4.74 Å². The van der Waals surface area contributed by atoms with Gasteiger partial charge in [0.1, 0.15) is 5.60 Å². The SMILES string of the molecule is CC(C)(C)OC(=O)C(=[N+]=[N-])C(=O)C(SCc1ccccc1)C1CC(=O)N1. The number of thioether (sulfide) groups is 1. The Morgan fingerprint density at radius 3 is 2.46 bits per heavy atom. The lowest BCUT2D eigenvalue weighted by Gasteiger charge is -2.32. The number of rotatable bonds is 7. The molecule has 0 bridgehead atoms. The van der Waals surface area contributed by atoms with Gasteiger partial charge >= 0.3 is 11.7 Å². The molecule has 2 atom stereocenters. The average molecular weight is 375 g/mol. The van der Waals surface area contributed by atoms with Gasteiger partial charge in [0.2, 0.25) is 5.91 Å². The van der Waals surface area contributed by atoms with Crippen molar-refractivity contribution in [3.05, 3.63) is 41.4 Å². The summed E-state index contributed by atoms with van der Waals surface area (Å²) in [6.07, 6.45) is 0.186. The summed E-state index contributed by atoms with van der Waals surface area (Å²) in [7, 11) is 0. The van der Waals surface area contributed by atoms with E-state index < -0.39 is 34.4 Å². The summed E-state index contributed by atoms with van der Waals surface area (Å²) in [5, 5.41) is 1.91. The van der Waals surface area contributed by atoms with E-state index in [2.05, 4.69) is 10.1 Å². The van der Waals surface area contributed by atoms with Gasteiger partial charge in [-0.15, -0.1) is 11.8 Å². The number of carbonyl (C=O) groups excluding carboxylic acids is 3. The largest absolute Gasteiger partial charge is 0.451 e. The van der Waals surface area contributed by atoms with Crippen molar-refractivity contribution in [1.29, 1.82) is 0 Å². The maximum absolute atomic E-state index is 12.8. The van der Waals surface area contributed by atoms with Crippen LogP contribution in [0.3, 0.4) is 0 Å². The number of carbonyl (C=O) groups is 3. The van der Waals surface area contributed by atoms with Crippen molar-refractivity contribution in [2.75, 3.05) is 0 Å². The lowest BCUT2D eigenvalue weighted by atomic mass is 9.97. The zero-order valence-corrected chi connectivity index (χ0v) is 15.7. The van der Waals surface area contributed by atoms with Crippen LogP contribution in [0.5, 0.6) is 0 Å². The van der Waals surface area contributed by atoms with E-state index in [1.54, 1.807) is 20.8 Å². The number of nitrogens with zero attached hydrogens (tertiary/aromatic N) is 2. The number of β-lactam (4-membered cyclic amide) rings is 1. The summed E-state index contributed by atoms with van der Waals surface area (Å²) in [5.41, 5.74) is 8.70. The van der Waals surface area contributed by atoms with Crippen molar-refractivity contribution in [2.45, 2.75) is 49.8 Å². The monoisotopic (exact) mass is 375 g/mol. The molecule has 0 aromatic heterocycles. The summed E-state index contributed by atoms with van der Waals surface area (Å²) < 4.78 is 5.13. The summed E-state index contributed by atoms with van der Waals surface area (Å²) in [6.45, 7) is 4.95. The molecule has 1 N–H and O–H groups in total. The predicted octanol–water partition coefficient (Wildman–Crippen LogP) is 1.76. The predicted molar refractivity (Wildman–Crippen MR) is 97.6 cm³/mol. The van der Waals surface area contributed by atoms with Crippen molar-refractivity contribution >= 4 is 35.1 Å². The van der Waals surface area contributed by atoms with E-state index in [-0.39, 0.29) is 12.3 Å². The molecule has 0 radical (unpaired) electrons. The van der Waals surface area contributed by atoms with Crippen LogP contribution in [0.1, 0.15) is 32.8 Å². The Morgan fingerprint density at radius 2 is 1.96 bits per heavy atom. The van der Waals surface area contributed by atoms with Crippen molar-refractivity contribution in [1.82, 2.24) is 5.32 Å². The van der Waals surface area contributed by atoms with Gasteiger partial charge in [-0.05, 0) is 26.3 Å². The van der Waals surface area contributed by atoms with Crippen molar-refractivity contribution < 1.29 is 23.9 Å². The molecule has 2 rings (SSSR count). The lowest BCUT2D eigenvalue weighted by molar-refractivity contribution is -0.152. The molecule has 7 nitrogen and oxygen atoms in total. The van der Waals surface area contributed by atoms with Crippen LogP contribution in [-0.4, -0.2) is 45.1 Å². The molecule has 138 valence electrons. The van der Waals surface area contributed by atoms with Gasteiger partial charge in [0, 0.05) is 12.2 Å². The number of nitrogens with one attached hydrogen (secondary N) is 1. The van der Waals surface area contributed by atoms with E-state index in [1.807, 2.05) is 30.3 Å². The molecule has 0 spiro atoms. The van der Waals surface area contributed by atoms with Gasteiger partial charge in [0.25, 0.3) is 5.78 Å². The second-order valence-electron chi connectivity index (χ2n) is 6.91. The van der Waals surface area contributed by atoms with Gasteiger partial charge in [-0.25, -0.2) is 4.79 Å². The highest BCUT2D eigenvalue weighted by Crippen LogP contribution is 2.26. The second-order valence-corrected chi connectivity index (χ2v) is 8.04. The van der Waals surface area contributed by atoms with Gasteiger partial charge < -0.3 is 15.6 Å². The first kappa shape index (κ1) is 19.9. The van der Waals surface area contributed by atoms with Crippen LogP contribution >= 0.6 is 11.8 Å². The number of ether oxygens (including phenoxy) is 1. The van der Waals surface area contributed by atoms with Gasteiger partial charge in [0.15, 0.2) is 0 Å². The van der Waals surface area contributed by atoms with E-state index in [0.717, 1.165) is 5.56 Å². The van der Waals surface area contributed by atoms with Crippen molar-refractivity contribution in [3.63, 3.8) is 0 Å². The fourth-order valence-electron chi connectivity index (χ4n) is 2.35. The Labute approximate surface area is 156 Å². The number of esters is 1. The highest BCUT2D eigenvalue weighted by atomic mass is 32.2. The molecule has 0 aliphatic carbocycles. The third-order valence-electron chi connectivity index (χ3n) is 3.57. The Morgan fingerprint density at radius 1 is 1.35 bits per heavy atom. The van der Waals surface area contributed by atoms with Crippen LogP contribution < -0.4 is 5.32 Å². The first-order valence-electron chi connectivity index (χ1n) is 8.16. The van der Waals surface area contributed by atoms with Crippen LogP contribution in [0.4, 0.5) is 0 Å². The highest BCUT2D eigenvalue weighted by molar-refractivity contribution is 8.00. The fraction of sp³-hybridized carbons (Fsp3) is 0.444. The minimum Gasteiger partial charge on any atom is -0.451 e. The van der Waals surface area contributed by atoms with Gasteiger partial charge in [-0.1, -0.05) is 30.3 Å². The Bertz CT molecular complexity index is 743. The zero-order valence-electron chi connectivity index (χ0n) is 14.9. The first-order valence-corrected chi connectivity index (χ1v) is 9.20. The summed E-state index contributed by atoms with van der Waals surface area (Å²) >= 11 is 1.28. The molecule has 1 aliphatic rings. The highest BCUT2D eigenvalue weighted by Gasteiger charge is 2.45. The number of benzene rings is 1. The minimum atomic E-state index is -0.985.